The average Bonchev–Trinajstić information content (AvgIpc) is 3.04. The maximum Gasteiger partial charge on any atom is 0.409 e. The first kappa shape index (κ1) is 19.5. The third-order valence-corrected chi connectivity index (χ3v) is 4.69. The number of alkyl halides is 3. The number of nitrogens with one attached hydrogen (secondary N) is 1. The molecule has 1 heterocycles. The minimum absolute atomic E-state index is 0.0204. The van der Waals surface area contributed by atoms with E-state index in [4.69, 9.17) is 4.74 Å². The van der Waals surface area contributed by atoms with E-state index in [-0.39, 0.29) is 18.5 Å². The molecule has 1 saturated heterocycles. The van der Waals surface area contributed by atoms with Crippen LogP contribution < -0.4 is 10.2 Å². The Kier molecular flexibility index (Phi) is 5.89. The van der Waals surface area contributed by atoms with Crippen molar-refractivity contribution >= 4 is 16.7 Å². The van der Waals surface area contributed by atoms with E-state index in [2.05, 4.69) is 12.3 Å². The Hall–Kier alpha value is -2.28. The van der Waals surface area contributed by atoms with Gasteiger partial charge in [-0.2, -0.15) is 13.2 Å². The van der Waals surface area contributed by atoms with Crippen molar-refractivity contribution in [3.8, 4) is 5.75 Å². The highest BCUT2D eigenvalue weighted by atomic mass is 19.4. The summed E-state index contributed by atoms with van der Waals surface area (Å²) in [7, 11) is 0. The lowest BCUT2D eigenvalue weighted by molar-refractivity contribution is -0.190. The van der Waals surface area contributed by atoms with Gasteiger partial charge in [-0.1, -0.05) is 50.1 Å². The Balaban J connectivity index is 1.99. The van der Waals surface area contributed by atoms with Crippen LogP contribution in [0.3, 0.4) is 0 Å². The van der Waals surface area contributed by atoms with Crippen LogP contribution in [0, 0.1) is 0 Å². The zero-order chi connectivity index (χ0) is 19.4. The van der Waals surface area contributed by atoms with Crippen LogP contribution in [-0.2, 0) is 4.79 Å². The number of hydrogen-bond donors (Lipinski definition) is 1. The van der Waals surface area contributed by atoms with Gasteiger partial charge in [0.2, 0.25) is 5.91 Å². The maximum atomic E-state index is 13.9. The van der Waals surface area contributed by atoms with Crippen LogP contribution in [0.1, 0.15) is 44.2 Å². The highest BCUT2D eigenvalue weighted by Crippen LogP contribution is 2.42. The van der Waals surface area contributed by atoms with E-state index in [0.29, 0.717) is 23.1 Å². The fourth-order valence-corrected chi connectivity index (χ4v) is 3.40. The SMILES string of the molecule is CCCCCOc1ccc([C@H](N2CCC(=O)N2)C(F)(F)F)c2ccccc12. The molecule has 1 amide bonds. The molecule has 1 N–H and O–H groups in total. The lowest BCUT2D eigenvalue weighted by Crippen LogP contribution is -2.43. The summed E-state index contributed by atoms with van der Waals surface area (Å²) in [6.07, 6.45) is -1.46. The lowest BCUT2D eigenvalue weighted by atomic mass is 9.97. The summed E-state index contributed by atoms with van der Waals surface area (Å²) in [5.41, 5.74) is 2.44. The standard InChI is InChI=1S/C20H23F3N2O2/c1-2-3-6-13-27-17-10-9-16(14-7-4-5-8-15(14)17)19(20(21,22)23)25-12-11-18(26)24-25/h4-5,7-10,19H,2-3,6,11-13H2,1H3,(H,24,26)/t19-/m0/s1. The molecule has 1 aliphatic heterocycles. The first-order valence-corrected chi connectivity index (χ1v) is 9.19. The predicted molar refractivity (Wildman–Crippen MR) is 97.2 cm³/mol. The quantitative estimate of drug-likeness (QED) is 0.705. The summed E-state index contributed by atoms with van der Waals surface area (Å²) in [4.78, 5) is 11.5. The van der Waals surface area contributed by atoms with Crippen molar-refractivity contribution in [1.82, 2.24) is 10.4 Å². The molecule has 0 saturated carbocycles. The van der Waals surface area contributed by atoms with Crippen LogP contribution in [-0.4, -0.2) is 30.2 Å². The van der Waals surface area contributed by atoms with E-state index in [1.165, 1.54) is 6.07 Å². The largest absolute Gasteiger partial charge is 0.493 e. The van der Waals surface area contributed by atoms with Gasteiger partial charge in [0.05, 0.1) is 6.61 Å². The zero-order valence-electron chi connectivity index (χ0n) is 15.2. The van der Waals surface area contributed by atoms with Gasteiger partial charge in [-0.05, 0) is 23.4 Å². The van der Waals surface area contributed by atoms with Gasteiger partial charge >= 0.3 is 6.18 Å². The molecule has 4 nitrogen and oxygen atoms in total. The number of ether oxygens (including phenoxy) is 1. The molecule has 27 heavy (non-hydrogen) atoms. The Labute approximate surface area is 156 Å². The van der Waals surface area contributed by atoms with Crippen LogP contribution >= 0.6 is 0 Å². The van der Waals surface area contributed by atoms with Crippen LogP contribution in [0.25, 0.3) is 10.8 Å². The van der Waals surface area contributed by atoms with Crippen molar-refractivity contribution < 1.29 is 22.7 Å². The van der Waals surface area contributed by atoms with Crippen molar-refractivity contribution in [2.24, 2.45) is 0 Å². The number of fused-ring (bicyclic) bond motifs is 1. The average molecular weight is 380 g/mol. The Morgan fingerprint density at radius 2 is 1.89 bits per heavy atom. The van der Waals surface area contributed by atoms with Crippen LogP contribution in [0.5, 0.6) is 5.75 Å². The molecule has 0 aromatic heterocycles. The maximum absolute atomic E-state index is 13.9. The molecule has 2 aromatic carbocycles. The van der Waals surface area contributed by atoms with Crippen molar-refractivity contribution in [3.63, 3.8) is 0 Å². The second-order valence-corrected chi connectivity index (χ2v) is 6.68. The molecule has 0 unspecified atom stereocenters. The van der Waals surface area contributed by atoms with Gasteiger partial charge in [0.1, 0.15) is 5.75 Å². The van der Waals surface area contributed by atoms with E-state index in [1.54, 1.807) is 30.3 Å². The second kappa shape index (κ2) is 8.17. The molecule has 2 aromatic rings. The van der Waals surface area contributed by atoms with E-state index >= 15 is 0 Å². The lowest BCUT2D eigenvalue weighted by Gasteiger charge is -2.30. The normalized spacial score (nSPS) is 16.5. The molecule has 3 rings (SSSR count). The van der Waals surface area contributed by atoms with Crippen molar-refractivity contribution in [1.29, 1.82) is 0 Å². The van der Waals surface area contributed by atoms with Crippen molar-refractivity contribution in [3.05, 3.63) is 42.0 Å². The molecule has 146 valence electrons. The van der Waals surface area contributed by atoms with Gasteiger partial charge in [-0.15, -0.1) is 0 Å². The minimum Gasteiger partial charge on any atom is -0.493 e. The summed E-state index contributed by atoms with van der Waals surface area (Å²) in [6.45, 7) is 2.65. The smallest absolute Gasteiger partial charge is 0.409 e. The van der Waals surface area contributed by atoms with E-state index in [0.717, 1.165) is 24.3 Å². The Bertz CT molecular complexity index is 807. The fourth-order valence-electron chi connectivity index (χ4n) is 3.40. The number of carbonyl (C=O) groups excluding carboxylic acids is 1. The van der Waals surface area contributed by atoms with Gasteiger partial charge < -0.3 is 4.74 Å². The highest BCUT2D eigenvalue weighted by Gasteiger charge is 2.47. The van der Waals surface area contributed by atoms with Gasteiger partial charge in [0.25, 0.3) is 0 Å². The van der Waals surface area contributed by atoms with Gasteiger partial charge in [0, 0.05) is 18.4 Å². The van der Waals surface area contributed by atoms with E-state index in [9.17, 15) is 18.0 Å². The summed E-state index contributed by atoms with van der Waals surface area (Å²) < 4.78 is 47.4. The van der Waals surface area contributed by atoms with E-state index in [1.807, 2.05) is 0 Å². The molecule has 1 atom stereocenters. The molecule has 7 heteroatoms. The highest BCUT2D eigenvalue weighted by molar-refractivity contribution is 5.91. The topological polar surface area (TPSA) is 41.6 Å². The minimum atomic E-state index is -4.52. The number of carbonyl (C=O) groups is 1. The summed E-state index contributed by atoms with van der Waals surface area (Å²) in [5.74, 6) is 0.182. The Morgan fingerprint density at radius 1 is 1.15 bits per heavy atom. The van der Waals surface area contributed by atoms with Gasteiger partial charge in [-0.3, -0.25) is 10.2 Å². The molecular formula is C20H23F3N2O2. The third-order valence-electron chi connectivity index (χ3n) is 4.69. The van der Waals surface area contributed by atoms with Crippen LogP contribution in [0.4, 0.5) is 13.2 Å². The first-order valence-electron chi connectivity index (χ1n) is 9.19. The van der Waals surface area contributed by atoms with E-state index < -0.39 is 18.1 Å². The molecule has 0 aliphatic carbocycles. The van der Waals surface area contributed by atoms with Crippen LogP contribution in [0.2, 0.25) is 0 Å². The number of hydrogen-bond acceptors (Lipinski definition) is 3. The number of nitrogens with zero attached hydrogens (tertiary/aromatic N) is 1. The molecule has 0 bridgehead atoms. The van der Waals surface area contributed by atoms with Crippen LogP contribution in [0.15, 0.2) is 36.4 Å². The monoisotopic (exact) mass is 380 g/mol. The summed E-state index contributed by atoms with van der Waals surface area (Å²) in [5, 5.41) is 2.10. The third kappa shape index (κ3) is 4.35. The van der Waals surface area contributed by atoms with Gasteiger partial charge in [0.15, 0.2) is 6.04 Å². The number of hydrazine groups is 1. The molecule has 1 aliphatic rings. The number of rotatable bonds is 7. The number of unbranched alkanes of at least 4 members (excludes halogenated alkanes) is 2. The number of benzene rings is 2. The predicted octanol–water partition coefficient (Wildman–Crippen LogP) is 4.75. The summed E-state index contributed by atoms with van der Waals surface area (Å²) in [6, 6.07) is 8.08. The molecule has 0 radical (unpaired) electrons. The van der Waals surface area contributed by atoms with Crippen molar-refractivity contribution in [2.75, 3.05) is 13.2 Å². The van der Waals surface area contributed by atoms with Crippen molar-refractivity contribution in [2.45, 2.75) is 44.8 Å². The number of halogens is 3. The molecule has 0 spiro atoms. The molecule has 1 fully saturated rings. The van der Waals surface area contributed by atoms with Gasteiger partial charge in [-0.25, -0.2) is 5.01 Å². The number of amides is 1. The second-order valence-electron chi connectivity index (χ2n) is 6.68. The Morgan fingerprint density at radius 3 is 2.52 bits per heavy atom. The first-order chi connectivity index (χ1) is 12.9. The summed E-state index contributed by atoms with van der Waals surface area (Å²) >= 11 is 0. The molecular weight excluding hydrogens is 357 g/mol. The zero-order valence-corrected chi connectivity index (χ0v) is 15.2. The fraction of sp³-hybridized carbons (Fsp3) is 0.450.